The molecule has 166 valence electrons. The average Bonchev–Trinajstić information content (AvgIpc) is 2.65. The summed E-state index contributed by atoms with van der Waals surface area (Å²) in [5.41, 5.74) is 3.53. The van der Waals surface area contributed by atoms with Crippen LogP contribution in [0, 0.1) is 6.92 Å². The van der Waals surface area contributed by atoms with Crippen molar-refractivity contribution in [1.82, 2.24) is 10.6 Å². The highest BCUT2D eigenvalue weighted by molar-refractivity contribution is 14.0. The third-order valence-electron chi connectivity index (χ3n) is 4.03. The van der Waals surface area contributed by atoms with Crippen LogP contribution < -0.4 is 20.1 Å². The lowest BCUT2D eigenvalue weighted by molar-refractivity contribution is 0.336. The lowest BCUT2D eigenvalue weighted by Crippen LogP contribution is -2.37. The molecule has 0 atom stereocenters. The van der Waals surface area contributed by atoms with E-state index in [-0.39, 0.29) is 24.0 Å². The second-order valence-corrected chi connectivity index (χ2v) is 8.37. The standard InChI is InChI=1S/C21H30N4O3S.HI/c1-5-22-21(24-15-18-12-11-16(3)13-20(18)28-6-2)23-14-17-9-7-8-10-19(17)25-29(4,26)27;/h7-13,25H,5-6,14-15H2,1-4H3,(H2,22,23,24);1H. The molecule has 3 N–H and O–H groups in total. The first-order valence-corrected chi connectivity index (χ1v) is 11.5. The molecule has 0 unspecified atom stereocenters. The summed E-state index contributed by atoms with van der Waals surface area (Å²) < 4.78 is 31.4. The zero-order valence-corrected chi connectivity index (χ0v) is 21.0. The minimum atomic E-state index is -3.35. The van der Waals surface area contributed by atoms with Crippen LogP contribution in [0.2, 0.25) is 0 Å². The minimum Gasteiger partial charge on any atom is -0.494 e. The van der Waals surface area contributed by atoms with Crippen molar-refractivity contribution in [2.24, 2.45) is 4.99 Å². The van der Waals surface area contributed by atoms with Gasteiger partial charge in [0.05, 0.1) is 25.1 Å². The molecule has 0 aliphatic rings. The maximum absolute atomic E-state index is 11.6. The molecule has 30 heavy (non-hydrogen) atoms. The molecular weight excluding hydrogens is 515 g/mol. The molecule has 9 heteroatoms. The fourth-order valence-electron chi connectivity index (χ4n) is 2.74. The molecule has 0 aromatic heterocycles. The van der Waals surface area contributed by atoms with Gasteiger partial charge in [0.15, 0.2) is 5.96 Å². The van der Waals surface area contributed by atoms with Gasteiger partial charge < -0.3 is 15.4 Å². The van der Waals surface area contributed by atoms with Gasteiger partial charge in [-0.15, -0.1) is 24.0 Å². The van der Waals surface area contributed by atoms with Crippen molar-refractivity contribution in [3.63, 3.8) is 0 Å². The normalized spacial score (nSPS) is 11.4. The maximum atomic E-state index is 11.6. The smallest absolute Gasteiger partial charge is 0.229 e. The molecule has 0 bridgehead atoms. The first-order valence-electron chi connectivity index (χ1n) is 9.62. The number of benzene rings is 2. The van der Waals surface area contributed by atoms with Crippen LogP contribution in [0.15, 0.2) is 47.5 Å². The summed E-state index contributed by atoms with van der Waals surface area (Å²) in [6, 6.07) is 13.4. The SMILES string of the molecule is CCNC(=NCc1ccc(C)cc1OCC)NCc1ccccc1NS(C)(=O)=O.I. The van der Waals surface area contributed by atoms with Crippen molar-refractivity contribution in [2.75, 3.05) is 24.1 Å². The summed E-state index contributed by atoms with van der Waals surface area (Å²) in [5.74, 6) is 1.49. The summed E-state index contributed by atoms with van der Waals surface area (Å²) in [4.78, 5) is 4.65. The van der Waals surface area contributed by atoms with E-state index < -0.39 is 10.0 Å². The summed E-state index contributed by atoms with van der Waals surface area (Å²) in [6.45, 7) is 8.19. The van der Waals surface area contributed by atoms with Crippen molar-refractivity contribution in [3.05, 3.63) is 59.2 Å². The maximum Gasteiger partial charge on any atom is 0.229 e. The van der Waals surface area contributed by atoms with E-state index in [4.69, 9.17) is 4.74 Å². The highest BCUT2D eigenvalue weighted by atomic mass is 127. The molecule has 2 aromatic rings. The van der Waals surface area contributed by atoms with E-state index in [1.807, 2.05) is 51.1 Å². The van der Waals surface area contributed by atoms with Gasteiger partial charge in [-0.1, -0.05) is 30.3 Å². The number of hydrogen-bond donors (Lipinski definition) is 3. The van der Waals surface area contributed by atoms with Crippen LogP contribution in [-0.4, -0.2) is 33.8 Å². The number of aryl methyl sites for hydroxylation is 1. The van der Waals surface area contributed by atoms with Crippen LogP contribution in [0.5, 0.6) is 5.75 Å². The first-order chi connectivity index (χ1) is 13.8. The van der Waals surface area contributed by atoms with Crippen molar-refractivity contribution in [1.29, 1.82) is 0 Å². The van der Waals surface area contributed by atoms with Gasteiger partial charge in [0.1, 0.15) is 5.75 Å². The lowest BCUT2D eigenvalue weighted by Gasteiger charge is -2.15. The van der Waals surface area contributed by atoms with E-state index in [0.29, 0.717) is 37.9 Å². The molecule has 0 fully saturated rings. The number of hydrogen-bond acceptors (Lipinski definition) is 4. The van der Waals surface area contributed by atoms with Crippen molar-refractivity contribution >= 4 is 45.6 Å². The Balaban J connectivity index is 0.00000450. The van der Waals surface area contributed by atoms with Crippen LogP contribution in [0.25, 0.3) is 0 Å². The number of aliphatic imine (C=N–C) groups is 1. The Morgan fingerprint density at radius 2 is 1.80 bits per heavy atom. The molecule has 0 spiro atoms. The topological polar surface area (TPSA) is 91.8 Å². The Hall–Kier alpha value is -2.01. The number of rotatable bonds is 9. The number of sulfonamides is 1. The number of nitrogens with one attached hydrogen (secondary N) is 3. The van der Waals surface area contributed by atoms with Gasteiger partial charge in [0, 0.05) is 18.7 Å². The van der Waals surface area contributed by atoms with Crippen LogP contribution in [0.3, 0.4) is 0 Å². The molecule has 0 saturated carbocycles. The molecule has 7 nitrogen and oxygen atoms in total. The zero-order valence-electron chi connectivity index (χ0n) is 17.9. The molecule has 0 radical (unpaired) electrons. The fourth-order valence-corrected chi connectivity index (χ4v) is 3.34. The number of anilines is 1. The Morgan fingerprint density at radius 1 is 1.07 bits per heavy atom. The molecule has 0 aliphatic heterocycles. The molecule has 2 rings (SSSR count). The Labute approximate surface area is 196 Å². The largest absolute Gasteiger partial charge is 0.494 e. The number of guanidine groups is 1. The highest BCUT2D eigenvalue weighted by Crippen LogP contribution is 2.21. The summed E-state index contributed by atoms with van der Waals surface area (Å²) in [5, 5.41) is 6.47. The molecule has 0 amide bonds. The number of para-hydroxylation sites is 1. The summed E-state index contributed by atoms with van der Waals surface area (Å²) >= 11 is 0. The van der Waals surface area contributed by atoms with E-state index in [1.165, 1.54) is 0 Å². The van der Waals surface area contributed by atoms with Gasteiger partial charge in [-0.3, -0.25) is 4.72 Å². The third-order valence-corrected chi connectivity index (χ3v) is 4.62. The van der Waals surface area contributed by atoms with Crippen molar-refractivity contribution < 1.29 is 13.2 Å². The van der Waals surface area contributed by atoms with Crippen LogP contribution in [-0.2, 0) is 23.1 Å². The highest BCUT2D eigenvalue weighted by Gasteiger charge is 2.08. The van der Waals surface area contributed by atoms with Gasteiger partial charge >= 0.3 is 0 Å². The monoisotopic (exact) mass is 546 g/mol. The van der Waals surface area contributed by atoms with E-state index in [9.17, 15) is 8.42 Å². The van der Waals surface area contributed by atoms with E-state index in [0.717, 1.165) is 28.7 Å². The van der Waals surface area contributed by atoms with Crippen LogP contribution >= 0.6 is 24.0 Å². The Kier molecular flexibility index (Phi) is 11.0. The quantitative estimate of drug-likeness (QED) is 0.254. The van der Waals surface area contributed by atoms with Crippen molar-refractivity contribution in [3.8, 4) is 5.75 Å². The number of ether oxygens (including phenoxy) is 1. The predicted molar refractivity (Wildman–Crippen MR) is 134 cm³/mol. The van der Waals surface area contributed by atoms with Gasteiger partial charge in [0.2, 0.25) is 10.0 Å². The van der Waals surface area contributed by atoms with E-state index in [1.54, 1.807) is 12.1 Å². The number of halogens is 1. The van der Waals surface area contributed by atoms with Gasteiger partial charge in [-0.05, 0) is 44.0 Å². The fraction of sp³-hybridized carbons (Fsp3) is 0.381. The summed E-state index contributed by atoms with van der Waals surface area (Å²) in [6.07, 6.45) is 1.14. The third kappa shape index (κ3) is 8.78. The molecule has 0 saturated heterocycles. The van der Waals surface area contributed by atoms with E-state index in [2.05, 4.69) is 20.3 Å². The molecule has 0 aliphatic carbocycles. The second-order valence-electron chi connectivity index (χ2n) is 6.62. The van der Waals surface area contributed by atoms with E-state index >= 15 is 0 Å². The molecular formula is C21H31IN4O3S. The Bertz CT molecular complexity index is 949. The zero-order chi connectivity index (χ0) is 21.3. The first kappa shape index (κ1) is 26.0. The molecule has 2 aromatic carbocycles. The second kappa shape index (κ2) is 12.6. The van der Waals surface area contributed by atoms with Gasteiger partial charge in [-0.2, -0.15) is 0 Å². The van der Waals surface area contributed by atoms with Crippen LogP contribution in [0.1, 0.15) is 30.5 Å². The predicted octanol–water partition coefficient (Wildman–Crippen LogP) is 3.64. The number of nitrogens with zero attached hydrogens (tertiary/aromatic N) is 1. The van der Waals surface area contributed by atoms with Gasteiger partial charge in [0.25, 0.3) is 0 Å². The summed E-state index contributed by atoms with van der Waals surface area (Å²) in [7, 11) is -3.35. The molecule has 0 heterocycles. The van der Waals surface area contributed by atoms with Gasteiger partial charge in [-0.25, -0.2) is 13.4 Å². The van der Waals surface area contributed by atoms with Crippen LogP contribution in [0.4, 0.5) is 5.69 Å². The van der Waals surface area contributed by atoms with Crippen molar-refractivity contribution in [2.45, 2.75) is 33.9 Å². The lowest BCUT2D eigenvalue weighted by atomic mass is 10.1. The Morgan fingerprint density at radius 3 is 2.47 bits per heavy atom. The average molecular weight is 546 g/mol. The minimum absolute atomic E-state index is 0.